The summed E-state index contributed by atoms with van der Waals surface area (Å²) in [5.74, 6) is 4.15. The van der Waals surface area contributed by atoms with Crippen molar-refractivity contribution < 1.29 is 0 Å². The zero-order valence-corrected chi connectivity index (χ0v) is 19.9. The van der Waals surface area contributed by atoms with Crippen LogP contribution in [-0.4, -0.2) is 0 Å². The van der Waals surface area contributed by atoms with E-state index < -0.39 is 0 Å². The molecule has 0 N–H and O–H groups in total. The molecule has 0 aromatic rings. The van der Waals surface area contributed by atoms with Gasteiger partial charge in [-0.15, -0.1) is 0 Å². The van der Waals surface area contributed by atoms with E-state index in [0.717, 1.165) is 29.1 Å². The van der Waals surface area contributed by atoms with Crippen molar-refractivity contribution in [2.24, 2.45) is 34.5 Å². The molecule has 2 aliphatic carbocycles. The summed E-state index contributed by atoms with van der Waals surface area (Å²) in [7, 11) is 0. The van der Waals surface area contributed by atoms with E-state index in [-0.39, 0.29) is 0 Å². The van der Waals surface area contributed by atoms with Gasteiger partial charge in [0.25, 0.3) is 0 Å². The van der Waals surface area contributed by atoms with Gasteiger partial charge in [0.2, 0.25) is 0 Å². The van der Waals surface area contributed by atoms with Crippen molar-refractivity contribution in [1.29, 1.82) is 0 Å². The van der Waals surface area contributed by atoms with E-state index in [4.69, 9.17) is 0 Å². The van der Waals surface area contributed by atoms with Crippen LogP contribution in [0, 0.1) is 34.5 Å². The molecule has 0 heteroatoms. The second kappa shape index (κ2) is 10.7. The lowest BCUT2D eigenvalue weighted by molar-refractivity contribution is 0.191. The lowest BCUT2D eigenvalue weighted by atomic mass is 9.72. The quantitative estimate of drug-likeness (QED) is 0.235. The van der Waals surface area contributed by atoms with Gasteiger partial charge in [-0.3, -0.25) is 0 Å². The molecule has 0 heterocycles. The van der Waals surface area contributed by atoms with Gasteiger partial charge < -0.3 is 0 Å². The summed E-state index contributed by atoms with van der Waals surface area (Å²) in [6.07, 6.45) is 22.2. The van der Waals surface area contributed by atoms with Crippen molar-refractivity contribution in [1.82, 2.24) is 0 Å². The van der Waals surface area contributed by atoms with Gasteiger partial charge in [0.1, 0.15) is 0 Å². The zero-order chi connectivity index (χ0) is 19.9. The predicted octanol–water partition coefficient (Wildman–Crippen LogP) is 9.42. The van der Waals surface area contributed by atoms with Crippen LogP contribution >= 0.6 is 0 Å². The minimum absolute atomic E-state index is 0.679. The lowest BCUT2D eigenvalue weighted by Gasteiger charge is -2.33. The maximum atomic E-state index is 2.57. The highest BCUT2D eigenvalue weighted by atomic mass is 14.6. The Morgan fingerprint density at radius 2 is 1.56 bits per heavy atom. The molecule has 0 saturated heterocycles. The van der Waals surface area contributed by atoms with Gasteiger partial charge in [0.15, 0.2) is 0 Å². The van der Waals surface area contributed by atoms with Gasteiger partial charge in [-0.05, 0) is 73.0 Å². The highest BCUT2D eigenvalue weighted by molar-refractivity contribution is 5.04. The largest absolute Gasteiger partial charge is 0.0654 e. The Hall–Kier alpha value is 0. The fourth-order valence-corrected chi connectivity index (χ4v) is 6.50. The van der Waals surface area contributed by atoms with Crippen molar-refractivity contribution >= 4 is 0 Å². The predicted molar refractivity (Wildman–Crippen MR) is 122 cm³/mol. The SMILES string of the molecule is CCCCCC(CC)(CCC)CCCCCC1CC1CC1(C)CC1C(C)C. The van der Waals surface area contributed by atoms with E-state index in [9.17, 15) is 0 Å². The molecule has 27 heavy (non-hydrogen) atoms. The molecule has 0 aromatic carbocycles. The van der Waals surface area contributed by atoms with E-state index in [1.165, 1.54) is 83.5 Å². The van der Waals surface area contributed by atoms with Gasteiger partial charge in [-0.1, -0.05) is 99.3 Å². The molecule has 0 bridgehead atoms. The summed E-state index contributed by atoms with van der Waals surface area (Å²) in [5.41, 5.74) is 1.41. The molecule has 2 aliphatic rings. The van der Waals surface area contributed by atoms with Crippen LogP contribution < -0.4 is 0 Å². The smallest absolute Gasteiger partial charge is 0.0289 e. The molecular formula is C27H52. The molecule has 0 amide bonds. The van der Waals surface area contributed by atoms with Crippen molar-refractivity contribution in [3.63, 3.8) is 0 Å². The molecule has 2 saturated carbocycles. The van der Waals surface area contributed by atoms with E-state index in [2.05, 4.69) is 41.5 Å². The summed E-state index contributed by atoms with van der Waals surface area (Å²) in [5, 5.41) is 0. The first-order valence-electron chi connectivity index (χ1n) is 12.9. The average Bonchev–Trinajstić information content (AvgIpc) is 3.52. The molecule has 0 aromatic heterocycles. The Morgan fingerprint density at radius 1 is 0.852 bits per heavy atom. The summed E-state index contributed by atoms with van der Waals surface area (Å²) in [6.45, 7) is 14.6. The lowest BCUT2D eigenvalue weighted by Crippen LogP contribution is -2.20. The van der Waals surface area contributed by atoms with Crippen molar-refractivity contribution in [2.45, 2.75) is 138 Å². The first kappa shape index (κ1) is 23.3. The molecule has 0 radical (unpaired) electrons. The minimum Gasteiger partial charge on any atom is -0.0654 e. The van der Waals surface area contributed by atoms with E-state index >= 15 is 0 Å². The van der Waals surface area contributed by atoms with E-state index in [1.807, 2.05) is 0 Å². The normalized spacial score (nSPS) is 31.9. The third kappa shape index (κ3) is 7.08. The monoisotopic (exact) mass is 376 g/mol. The molecular weight excluding hydrogens is 324 g/mol. The first-order chi connectivity index (χ1) is 12.9. The fraction of sp³-hybridized carbons (Fsp3) is 1.00. The highest BCUT2D eigenvalue weighted by Gasteiger charge is 2.54. The van der Waals surface area contributed by atoms with Crippen LogP contribution in [0.5, 0.6) is 0 Å². The maximum Gasteiger partial charge on any atom is -0.0289 e. The number of rotatable bonds is 16. The molecule has 0 nitrogen and oxygen atoms in total. The van der Waals surface area contributed by atoms with Crippen LogP contribution in [0.4, 0.5) is 0 Å². The minimum atomic E-state index is 0.679. The van der Waals surface area contributed by atoms with Gasteiger partial charge in [0.05, 0.1) is 0 Å². The average molecular weight is 377 g/mol. The van der Waals surface area contributed by atoms with Crippen LogP contribution in [0.2, 0.25) is 0 Å². The summed E-state index contributed by atoms with van der Waals surface area (Å²) in [6, 6.07) is 0. The standard InChI is InChI=1S/C27H52/c1-7-10-13-17-27(9-3,16-8-2)18-14-11-12-15-23-19-24(23)20-26(6)21-25(26)22(4)5/h22-25H,7-21H2,1-6H3. The van der Waals surface area contributed by atoms with E-state index in [1.54, 1.807) is 12.8 Å². The summed E-state index contributed by atoms with van der Waals surface area (Å²) in [4.78, 5) is 0. The second-order valence-electron chi connectivity index (χ2n) is 11.3. The Morgan fingerprint density at radius 3 is 2.11 bits per heavy atom. The third-order valence-electron chi connectivity index (χ3n) is 8.65. The van der Waals surface area contributed by atoms with Crippen LogP contribution in [0.25, 0.3) is 0 Å². The molecule has 160 valence electrons. The van der Waals surface area contributed by atoms with E-state index in [0.29, 0.717) is 5.41 Å². The molecule has 0 spiro atoms. The number of hydrogen-bond acceptors (Lipinski definition) is 0. The molecule has 2 rings (SSSR count). The van der Waals surface area contributed by atoms with Crippen LogP contribution in [-0.2, 0) is 0 Å². The number of hydrogen-bond donors (Lipinski definition) is 0. The summed E-state index contributed by atoms with van der Waals surface area (Å²) >= 11 is 0. The fourth-order valence-electron chi connectivity index (χ4n) is 6.50. The molecule has 2 fully saturated rings. The number of unbranched alkanes of at least 4 members (excludes halogenated alkanes) is 4. The van der Waals surface area contributed by atoms with Gasteiger partial charge in [-0.2, -0.15) is 0 Å². The topological polar surface area (TPSA) is 0 Å². The van der Waals surface area contributed by atoms with Crippen LogP contribution in [0.1, 0.15) is 138 Å². The van der Waals surface area contributed by atoms with Crippen molar-refractivity contribution in [3.05, 3.63) is 0 Å². The van der Waals surface area contributed by atoms with Gasteiger partial charge >= 0.3 is 0 Å². The molecule has 5 atom stereocenters. The van der Waals surface area contributed by atoms with Crippen LogP contribution in [0.15, 0.2) is 0 Å². The second-order valence-corrected chi connectivity index (χ2v) is 11.3. The van der Waals surface area contributed by atoms with Crippen LogP contribution in [0.3, 0.4) is 0 Å². The Balaban J connectivity index is 1.58. The highest BCUT2D eigenvalue weighted by Crippen LogP contribution is 2.63. The van der Waals surface area contributed by atoms with Crippen molar-refractivity contribution in [2.75, 3.05) is 0 Å². The maximum absolute atomic E-state index is 2.57. The van der Waals surface area contributed by atoms with Gasteiger partial charge in [0, 0.05) is 0 Å². The Labute approximate surface area is 172 Å². The van der Waals surface area contributed by atoms with Gasteiger partial charge in [-0.25, -0.2) is 0 Å². The molecule has 5 unspecified atom stereocenters. The van der Waals surface area contributed by atoms with Crippen molar-refractivity contribution in [3.8, 4) is 0 Å². The third-order valence-corrected chi connectivity index (χ3v) is 8.65. The Bertz CT molecular complexity index is 410. The summed E-state index contributed by atoms with van der Waals surface area (Å²) < 4.78 is 0. The zero-order valence-electron chi connectivity index (χ0n) is 19.9. The molecule has 0 aliphatic heterocycles. The Kier molecular flexibility index (Phi) is 9.21. The first-order valence-corrected chi connectivity index (χ1v) is 12.9.